The number of anilines is 2. The maximum Gasteiger partial charge on any atom is 0.224 e. The van der Waals surface area contributed by atoms with Crippen molar-refractivity contribution in [2.75, 3.05) is 17.2 Å². The van der Waals surface area contributed by atoms with Crippen LogP contribution >= 0.6 is 11.3 Å². The Balaban J connectivity index is 2.03. The third-order valence-electron chi connectivity index (χ3n) is 2.91. The van der Waals surface area contributed by atoms with Gasteiger partial charge in [0.05, 0.1) is 18.1 Å². The van der Waals surface area contributed by atoms with Crippen molar-refractivity contribution in [1.29, 1.82) is 0 Å². The van der Waals surface area contributed by atoms with E-state index in [0.717, 1.165) is 24.3 Å². The first kappa shape index (κ1) is 11.9. The first-order valence-corrected chi connectivity index (χ1v) is 6.90. The average molecular weight is 274 g/mol. The Labute approximate surface area is 114 Å². The Morgan fingerprint density at radius 1 is 1.42 bits per heavy atom. The van der Waals surface area contributed by atoms with Crippen LogP contribution in [0.25, 0.3) is 11.0 Å². The average Bonchev–Trinajstić information content (AvgIpc) is 3.05. The summed E-state index contributed by atoms with van der Waals surface area (Å²) in [4.78, 5) is 12.0. The van der Waals surface area contributed by atoms with E-state index < -0.39 is 0 Å². The second-order valence-electron chi connectivity index (χ2n) is 4.13. The number of hydrogen-bond acceptors (Lipinski definition) is 6. The minimum Gasteiger partial charge on any atom is -0.368 e. The fourth-order valence-electron chi connectivity index (χ4n) is 2.00. The van der Waals surface area contributed by atoms with Gasteiger partial charge < -0.3 is 10.6 Å². The van der Waals surface area contributed by atoms with Crippen molar-refractivity contribution in [2.24, 2.45) is 0 Å². The molecule has 3 aromatic rings. The zero-order valence-corrected chi connectivity index (χ0v) is 11.3. The molecule has 0 bridgehead atoms. The third-order valence-corrected chi connectivity index (χ3v) is 3.78. The van der Waals surface area contributed by atoms with E-state index in [0.29, 0.717) is 5.65 Å². The van der Waals surface area contributed by atoms with E-state index in [2.05, 4.69) is 49.5 Å². The summed E-state index contributed by atoms with van der Waals surface area (Å²) >= 11 is 1.73. The standard InChI is InChI=1S/C12H14N6S/c1-2-18(7-8-4-3-5-19-8)11-9-6-14-17-10(9)15-12(13)16-11/h3-6H,2,7H2,1H3,(H3,13,14,15,16,17). The lowest BCUT2D eigenvalue weighted by atomic mass is 10.3. The highest BCUT2D eigenvalue weighted by Crippen LogP contribution is 2.25. The Morgan fingerprint density at radius 2 is 2.32 bits per heavy atom. The molecule has 0 aliphatic rings. The van der Waals surface area contributed by atoms with Gasteiger partial charge in [-0.1, -0.05) is 6.07 Å². The predicted octanol–water partition coefficient (Wildman–Crippen LogP) is 2.02. The van der Waals surface area contributed by atoms with E-state index in [1.807, 2.05) is 0 Å². The van der Waals surface area contributed by atoms with E-state index in [4.69, 9.17) is 5.73 Å². The SMILES string of the molecule is CCN(Cc1cccs1)c1nc(N)nc2[nH]ncc12. The largest absolute Gasteiger partial charge is 0.368 e. The summed E-state index contributed by atoms with van der Waals surface area (Å²) in [6, 6.07) is 4.17. The molecule has 0 unspecified atom stereocenters. The number of nitrogens with two attached hydrogens (primary N) is 1. The van der Waals surface area contributed by atoms with Gasteiger partial charge >= 0.3 is 0 Å². The molecule has 3 aromatic heterocycles. The molecule has 3 heterocycles. The number of hydrogen-bond donors (Lipinski definition) is 2. The van der Waals surface area contributed by atoms with Crippen LogP contribution in [0, 0.1) is 0 Å². The minimum absolute atomic E-state index is 0.261. The Kier molecular flexibility index (Phi) is 3.04. The van der Waals surface area contributed by atoms with E-state index in [-0.39, 0.29) is 5.95 Å². The monoisotopic (exact) mass is 274 g/mol. The summed E-state index contributed by atoms with van der Waals surface area (Å²) in [7, 11) is 0. The van der Waals surface area contributed by atoms with Gasteiger partial charge in [0.2, 0.25) is 5.95 Å². The van der Waals surface area contributed by atoms with Crippen LogP contribution in [-0.2, 0) is 6.54 Å². The van der Waals surface area contributed by atoms with Gasteiger partial charge in [0.25, 0.3) is 0 Å². The van der Waals surface area contributed by atoms with Gasteiger partial charge in [-0.05, 0) is 18.4 Å². The lowest BCUT2D eigenvalue weighted by Gasteiger charge is -2.21. The molecule has 0 spiro atoms. The van der Waals surface area contributed by atoms with Gasteiger partial charge in [-0.3, -0.25) is 5.10 Å². The summed E-state index contributed by atoms with van der Waals surface area (Å²) in [5.41, 5.74) is 6.43. The topological polar surface area (TPSA) is 83.7 Å². The molecule has 7 heteroatoms. The van der Waals surface area contributed by atoms with Gasteiger partial charge in [-0.15, -0.1) is 11.3 Å². The van der Waals surface area contributed by atoms with Crippen molar-refractivity contribution in [3.63, 3.8) is 0 Å². The van der Waals surface area contributed by atoms with Crippen LogP contribution in [0.3, 0.4) is 0 Å². The highest BCUT2D eigenvalue weighted by Gasteiger charge is 2.14. The molecular weight excluding hydrogens is 260 g/mol. The van der Waals surface area contributed by atoms with Crippen molar-refractivity contribution >= 4 is 34.1 Å². The van der Waals surface area contributed by atoms with Crippen LogP contribution in [0.15, 0.2) is 23.7 Å². The van der Waals surface area contributed by atoms with E-state index in [1.54, 1.807) is 17.5 Å². The second kappa shape index (κ2) is 4.85. The fraction of sp³-hybridized carbons (Fsp3) is 0.250. The number of thiophene rings is 1. The zero-order valence-electron chi connectivity index (χ0n) is 10.5. The summed E-state index contributed by atoms with van der Waals surface area (Å²) in [6.07, 6.45) is 1.74. The molecule has 0 aliphatic heterocycles. The Hall–Kier alpha value is -2.15. The quantitative estimate of drug-likeness (QED) is 0.760. The molecule has 0 saturated heterocycles. The maximum atomic E-state index is 5.76. The van der Waals surface area contributed by atoms with Gasteiger partial charge in [-0.2, -0.15) is 15.1 Å². The van der Waals surface area contributed by atoms with Crippen LogP contribution in [0.4, 0.5) is 11.8 Å². The molecule has 3 N–H and O–H groups in total. The van der Waals surface area contributed by atoms with Crippen LogP contribution in [0.1, 0.15) is 11.8 Å². The molecule has 98 valence electrons. The number of nitrogens with one attached hydrogen (secondary N) is 1. The van der Waals surface area contributed by atoms with Gasteiger partial charge in [-0.25, -0.2) is 0 Å². The van der Waals surface area contributed by atoms with Crippen LogP contribution < -0.4 is 10.6 Å². The van der Waals surface area contributed by atoms with Gasteiger partial charge in [0, 0.05) is 11.4 Å². The number of aromatic nitrogens is 4. The molecule has 3 rings (SSSR count). The molecule has 6 nitrogen and oxygen atoms in total. The Bertz CT molecular complexity index is 675. The van der Waals surface area contributed by atoms with Crippen LogP contribution in [0.2, 0.25) is 0 Å². The van der Waals surface area contributed by atoms with E-state index >= 15 is 0 Å². The molecule has 0 saturated carbocycles. The molecule has 0 aliphatic carbocycles. The molecule has 0 amide bonds. The number of nitrogens with zero attached hydrogens (tertiary/aromatic N) is 4. The summed E-state index contributed by atoms with van der Waals surface area (Å²) < 4.78 is 0. The smallest absolute Gasteiger partial charge is 0.224 e. The second-order valence-corrected chi connectivity index (χ2v) is 5.16. The van der Waals surface area contributed by atoms with Crippen molar-refractivity contribution in [3.8, 4) is 0 Å². The number of H-pyrrole nitrogens is 1. The number of rotatable bonds is 4. The number of aromatic amines is 1. The number of nitrogen functional groups attached to an aromatic ring is 1. The van der Waals surface area contributed by atoms with Crippen molar-refractivity contribution < 1.29 is 0 Å². The van der Waals surface area contributed by atoms with E-state index in [9.17, 15) is 0 Å². The molecule has 0 fully saturated rings. The zero-order chi connectivity index (χ0) is 13.2. The summed E-state index contributed by atoms with van der Waals surface area (Å²) in [6.45, 7) is 3.75. The molecule has 0 atom stereocenters. The lowest BCUT2D eigenvalue weighted by Crippen LogP contribution is -2.23. The third kappa shape index (κ3) is 2.24. The highest BCUT2D eigenvalue weighted by atomic mass is 32.1. The van der Waals surface area contributed by atoms with Crippen molar-refractivity contribution in [1.82, 2.24) is 20.2 Å². The van der Waals surface area contributed by atoms with Crippen molar-refractivity contribution in [3.05, 3.63) is 28.6 Å². The number of fused-ring (bicyclic) bond motifs is 1. The fourth-order valence-corrected chi connectivity index (χ4v) is 2.72. The minimum atomic E-state index is 0.261. The first-order valence-electron chi connectivity index (χ1n) is 6.02. The van der Waals surface area contributed by atoms with E-state index in [1.165, 1.54) is 4.88 Å². The summed E-state index contributed by atoms with van der Waals surface area (Å²) in [5, 5.41) is 9.81. The predicted molar refractivity (Wildman–Crippen MR) is 77.1 cm³/mol. The Morgan fingerprint density at radius 3 is 3.05 bits per heavy atom. The van der Waals surface area contributed by atoms with Crippen molar-refractivity contribution in [2.45, 2.75) is 13.5 Å². The molecule has 0 radical (unpaired) electrons. The van der Waals surface area contributed by atoms with Gasteiger partial charge in [0.1, 0.15) is 5.82 Å². The van der Waals surface area contributed by atoms with Crippen LogP contribution in [0.5, 0.6) is 0 Å². The molecular formula is C12H14N6S. The maximum absolute atomic E-state index is 5.76. The normalized spacial score (nSPS) is 11.0. The molecule has 19 heavy (non-hydrogen) atoms. The van der Waals surface area contributed by atoms with Gasteiger partial charge in [0.15, 0.2) is 5.65 Å². The lowest BCUT2D eigenvalue weighted by molar-refractivity contribution is 0.827. The first-order chi connectivity index (χ1) is 9.28. The summed E-state index contributed by atoms with van der Waals surface area (Å²) in [5.74, 6) is 1.09. The highest BCUT2D eigenvalue weighted by molar-refractivity contribution is 7.09. The van der Waals surface area contributed by atoms with Crippen LogP contribution in [-0.4, -0.2) is 26.7 Å². The molecule has 0 aromatic carbocycles.